The third kappa shape index (κ3) is 3.58. The summed E-state index contributed by atoms with van der Waals surface area (Å²) in [5.74, 6) is 0.0955. The van der Waals surface area contributed by atoms with E-state index in [1.54, 1.807) is 0 Å². The molecular formula is C15H25N3O. The van der Waals surface area contributed by atoms with Crippen LogP contribution in [0.25, 0.3) is 0 Å². The van der Waals surface area contributed by atoms with Crippen LogP contribution in [0, 0.1) is 13.8 Å². The van der Waals surface area contributed by atoms with Crippen LogP contribution in [0.5, 0.6) is 0 Å². The summed E-state index contributed by atoms with van der Waals surface area (Å²) >= 11 is 0. The molecule has 0 aromatic carbocycles. The number of nitrogens with one attached hydrogen (secondary N) is 1. The highest BCUT2D eigenvalue weighted by Crippen LogP contribution is 2.18. The number of carbonyl (C=O) groups excluding carboxylic acids is 1. The first-order valence-electron chi connectivity index (χ1n) is 7.41. The Balaban J connectivity index is 1.97. The Bertz CT molecular complexity index is 431. The third-order valence-corrected chi connectivity index (χ3v) is 3.99. The zero-order chi connectivity index (χ0) is 13.8. The van der Waals surface area contributed by atoms with Crippen LogP contribution in [0.15, 0.2) is 6.07 Å². The van der Waals surface area contributed by atoms with Gasteiger partial charge in [0.2, 0.25) is 5.91 Å². The maximum absolute atomic E-state index is 12.3. The van der Waals surface area contributed by atoms with Crippen molar-refractivity contribution in [2.24, 2.45) is 0 Å². The van der Waals surface area contributed by atoms with Crippen LogP contribution in [0.2, 0.25) is 0 Å². The fraction of sp³-hybridized carbons (Fsp3) is 0.733. The Labute approximate surface area is 115 Å². The minimum absolute atomic E-state index is 0.0955. The lowest BCUT2D eigenvalue weighted by Crippen LogP contribution is -2.39. The topological polar surface area (TPSA) is 46.9 Å². The summed E-state index contributed by atoms with van der Waals surface area (Å²) in [6.07, 6.45) is 7.32. The number of rotatable bonds is 3. The molecule has 106 valence electrons. The summed E-state index contributed by atoms with van der Waals surface area (Å²) < 4.78 is 1.82. The van der Waals surface area contributed by atoms with Gasteiger partial charge in [-0.15, -0.1) is 0 Å². The van der Waals surface area contributed by atoms with Gasteiger partial charge in [-0.1, -0.05) is 25.7 Å². The molecule has 0 radical (unpaired) electrons. The lowest BCUT2D eigenvalue weighted by atomic mass is 10.1. The molecule has 1 aliphatic carbocycles. The maximum Gasteiger partial charge on any atom is 0.244 e. The average molecular weight is 263 g/mol. The lowest BCUT2D eigenvalue weighted by molar-refractivity contribution is -0.125. The first-order chi connectivity index (χ1) is 9.08. The van der Waals surface area contributed by atoms with Crippen molar-refractivity contribution in [3.05, 3.63) is 17.5 Å². The van der Waals surface area contributed by atoms with E-state index in [2.05, 4.69) is 10.4 Å². The molecule has 2 rings (SSSR count). The predicted octanol–water partition coefficient (Wildman–Crippen LogP) is 2.90. The van der Waals surface area contributed by atoms with E-state index >= 15 is 0 Å². The van der Waals surface area contributed by atoms with Crippen LogP contribution in [-0.4, -0.2) is 21.7 Å². The van der Waals surface area contributed by atoms with Crippen LogP contribution >= 0.6 is 0 Å². The molecule has 1 aromatic heterocycles. The smallest absolute Gasteiger partial charge is 0.244 e. The lowest BCUT2D eigenvalue weighted by Gasteiger charge is -2.20. The summed E-state index contributed by atoms with van der Waals surface area (Å²) in [7, 11) is 0. The highest BCUT2D eigenvalue weighted by molar-refractivity contribution is 5.80. The Morgan fingerprint density at radius 1 is 1.32 bits per heavy atom. The largest absolute Gasteiger partial charge is 0.352 e. The van der Waals surface area contributed by atoms with Crippen molar-refractivity contribution >= 4 is 5.91 Å². The fourth-order valence-electron chi connectivity index (χ4n) is 2.89. The van der Waals surface area contributed by atoms with Gasteiger partial charge >= 0.3 is 0 Å². The summed E-state index contributed by atoms with van der Waals surface area (Å²) in [6, 6.07) is 2.14. The predicted molar refractivity (Wildman–Crippen MR) is 76.0 cm³/mol. The van der Waals surface area contributed by atoms with E-state index < -0.39 is 0 Å². The van der Waals surface area contributed by atoms with Crippen molar-refractivity contribution in [2.75, 3.05) is 0 Å². The van der Waals surface area contributed by atoms with E-state index in [-0.39, 0.29) is 11.9 Å². The van der Waals surface area contributed by atoms with Crippen LogP contribution in [0.1, 0.15) is 62.9 Å². The number of carbonyl (C=O) groups is 1. The van der Waals surface area contributed by atoms with Gasteiger partial charge in [-0.05, 0) is 39.7 Å². The molecule has 1 N–H and O–H groups in total. The number of nitrogens with zero attached hydrogens (tertiary/aromatic N) is 2. The van der Waals surface area contributed by atoms with Crippen molar-refractivity contribution in [1.82, 2.24) is 15.1 Å². The molecule has 0 saturated heterocycles. The number of aryl methyl sites for hydroxylation is 2. The molecule has 4 heteroatoms. The molecule has 0 spiro atoms. The quantitative estimate of drug-likeness (QED) is 0.852. The van der Waals surface area contributed by atoms with Crippen LogP contribution in [-0.2, 0) is 4.79 Å². The van der Waals surface area contributed by atoms with Gasteiger partial charge in [0.1, 0.15) is 6.04 Å². The Hall–Kier alpha value is -1.32. The van der Waals surface area contributed by atoms with E-state index in [4.69, 9.17) is 0 Å². The second kappa shape index (κ2) is 6.22. The Morgan fingerprint density at radius 2 is 1.95 bits per heavy atom. The van der Waals surface area contributed by atoms with E-state index in [0.29, 0.717) is 6.04 Å². The molecular weight excluding hydrogens is 238 g/mol. The second-order valence-electron chi connectivity index (χ2n) is 5.74. The Kier molecular flexibility index (Phi) is 4.61. The molecule has 1 aliphatic rings. The number of hydrogen-bond acceptors (Lipinski definition) is 2. The SMILES string of the molecule is Cc1cc(C)n(C(C)C(=O)NC2CCCCCC2)n1. The highest BCUT2D eigenvalue weighted by atomic mass is 16.2. The zero-order valence-corrected chi connectivity index (χ0v) is 12.3. The van der Waals surface area contributed by atoms with Crippen molar-refractivity contribution in [1.29, 1.82) is 0 Å². The summed E-state index contributed by atoms with van der Waals surface area (Å²) in [6.45, 7) is 5.88. The molecule has 0 aliphatic heterocycles. The number of hydrogen-bond donors (Lipinski definition) is 1. The summed E-state index contributed by atoms with van der Waals surface area (Å²) in [5, 5.41) is 7.59. The average Bonchev–Trinajstić information content (AvgIpc) is 2.56. The minimum Gasteiger partial charge on any atom is -0.352 e. The fourth-order valence-corrected chi connectivity index (χ4v) is 2.89. The zero-order valence-electron chi connectivity index (χ0n) is 12.3. The molecule has 19 heavy (non-hydrogen) atoms. The van der Waals surface area contributed by atoms with Gasteiger partial charge in [-0.2, -0.15) is 5.10 Å². The molecule has 1 saturated carbocycles. The molecule has 4 nitrogen and oxygen atoms in total. The summed E-state index contributed by atoms with van der Waals surface area (Å²) in [4.78, 5) is 12.3. The van der Waals surface area contributed by atoms with Crippen molar-refractivity contribution in [2.45, 2.75) is 71.4 Å². The van der Waals surface area contributed by atoms with Gasteiger partial charge in [0.15, 0.2) is 0 Å². The van der Waals surface area contributed by atoms with Crippen molar-refractivity contribution < 1.29 is 4.79 Å². The minimum atomic E-state index is -0.225. The van der Waals surface area contributed by atoms with Crippen LogP contribution in [0.3, 0.4) is 0 Å². The molecule has 1 aromatic rings. The molecule has 0 bridgehead atoms. The monoisotopic (exact) mass is 263 g/mol. The van der Waals surface area contributed by atoms with Crippen molar-refractivity contribution in [3.63, 3.8) is 0 Å². The van der Waals surface area contributed by atoms with Gasteiger partial charge < -0.3 is 5.32 Å². The van der Waals surface area contributed by atoms with E-state index in [1.807, 2.05) is 31.5 Å². The van der Waals surface area contributed by atoms with Gasteiger partial charge in [-0.25, -0.2) is 0 Å². The molecule has 1 heterocycles. The Morgan fingerprint density at radius 3 is 2.47 bits per heavy atom. The molecule has 1 atom stereocenters. The first-order valence-corrected chi connectivity index (χ1v) is 7.41. The van der Waals surface area contributed by atoms with Crippen molar-refractivity contribution in [3.8, 4) is 0 Å². The third-order valence-electron chi connectivity index (χ3n) is 3.99. The first kappa shape index (κ1) is 14.1. The normalized spacial score (nSPS) is 18.9. The van der Waals surface area contributed by atoms with Gasteiger partial charge in [0.05, 0.1) is 5.69 Å². The van der Waals surface area contributed by atoms with Gasteiger partial charge in [-0.3, -0.25) is 9.48 Å². The van der Waals surface area contributed by atoms with E-state index in [0.717, 1.165) is 24.2 Å². The second-order valence-corrected chi connectivity index (χ2v) is 5.74. The van der Waals surface area contributed by atoms with Gasteiger partial charge in [0.25, 0.3) is 0 Å². The standard InChI is InChI=1S/C15H25N3O/c1-11-10-12(2)18(17-11)13(3)15(19)16-14-8-6-4-5-7-9-14/h10,13-14H,4-9H2,1-3H3,(H,16,19). The molecule has 1 fully saturated rings. The van der Waals surface area contributed by atoms with E-state index in [9.17, 15) is 4.79 Å². The number of amides is 1. The molecule has 1 amide bonds. The maximum atomic E-state index is 12.3. The summed E-state index contributed by atoms with van der Waals surface area (Å²) in [5.41, 5.74) is 2.01. The van der Waals surface area contributed by atoms with Gasteiger partial charge in [0, 0.05) is 11.7 Å². The number of aromatic nitrogens is 2. The van der Waals surface area contributed by atoms with Crippen LogP contribution in [0.4, 0.5) is 0 Å². The molecule has 1 unspecified atom stereocenters. The van der Waals surface area contributed by atoms with E-state index in [1.165, 1.54) is 25.7 Å². The van der Waals surface area contributed by atoms with Crippen LogP contribution < -0.4 is 5.32 Å². The highest BCUT2D eigenvalue weighted by Gasteiger charge is 2.21.